The zero-order valence-corrected chi connectivity index (χ0v) is 12.0. The number of carboxylic acid groups (broad SMARTS) is 1. The lowest BCUT2D eigenvalue weighted by molar-refractivity contribution is -0.131. The van der Waals surface area contributed by atoms with E-state index >= 15 is 0 Å². The van der Waals surface area contributed by atoms with Gasteiger partial charge in [-0.1, -0.05) is 18.2 Å². The number of hydrogen-bond acceptors (Lipinski definition) is 3. The van der Waals surface area contributed by atoms with Crippen LogP contribution in [-0.4, -0.2) is 18.2 Å². The van der Waals surface area contributed by atoms with Crippen molar-refractivity contribution >= 4 is 12.0 Å². The van der Waals surface area contributed by atoms with Crippen molar-refractivity contribution in [2.75, 3.05) is 7.11 Å². The molecule has 0 spiro atoms. The first kappa shape index (κ1) is 15.6. The van der Waals surface area contributed by atoms with Crippen LogP contribution in [0.1, 0.15) is 11.1 Å². The lowest BCUT2D eigenvalue weighted by Crippen LogP contribution is -1.98. The molecule has 0 aromatic heterocycles. The summed E-state index contributed by atoms with van der Waals surface area (Å²) in [5, 5.41) is 8.65. The van der Waals surface area contributed by atoms with Crippen molar-refractivity contribution in [3.8, 4) is 11.5 Å². The SMILES string of the molecule is COc1ccc(C=CC(=O)O)cc1OCc1ccc(F)cc1. The Morgan fingerprint density at radius 1 is 1.18 bits per heavy atom. The quantitative estimate of drug-likeness (QED) is 0.830. The molecule has 0 amide bonds. The molecule has 5 heteroatoms. The van der Waals surface area contributed by atoms with Crippen LogP contribution in [-0.2, 0) is 11.4 Å². The molecule has 0 saturated heterocycles. The minimum absolute atomic E-state index is 0.253. The van der Waals surface area contributed by atoms with Gasteiger partial charge in [-0.25, -0.2) is 9.18 Å². The molecule has 2 aromatic carbocycles. The number of carbonyl (C=O) groups is 1. The van der Waals surface area contributed by atoms with E-state index in [4.69, 9.17) is 14.6 Å². The Morgan fingerprint density at radius 3 is 2.55 bits per heavy atom. The molecular weight excluding hydrogens is 287 g/mol. The molecule has 0 aliphatic rings. The first-order valence-corrected chi connectivity index (χ1v) is 6.55. The van der Waals surface area contributed by atoms with Crippen LogP contribution < -0.4 is 9.47 Å². The number of rotatable bonds is 6. The highest BCUT2D eigenvalue weighted by Crippen LogP contribution is 2.29. The van der Waals surface area contributed by atoms with Crippen molar-refractivity contribution in [3.05, 3.63) is 65.5 Å². The molecule has 0 aliphatic heterocycles. The van der Waals surface area contributed by atoms with Crippen molar-refractivity contribution in [2.45, 2.75) is 6.61 Å². The summed E-state index contributed by atoms with van der Waals surface area (Å²) in [6.07, 6.45) is 2.51. The van der Waals surface area contributed by atoms with E-state index in [-0.39, 0.29) is 12.4 Å². The smallest absolute Gasteiger partial charge is 0.328 e. The average molecular weight is 302 g/mol. The average Bonchev–Trinajstić information content (AvgIpc) is 2.52. The third kappa shape index (κ3) is 4.34. The summed E-state index contributed by atoms with van der Waals surface area (Å²) in [4.78, 5) is 10.5. The van der Waals surface area contributed by atoms with Gasteiger partial charge in [-0.2, -0.15) is 0 Å². The van der Waals surface area contributed by atoms with Crippen LogP contribution in [0.2, 0.25) is 0 Å². The Kier molecular flexibility index (Phi) is 5.14. The molecule has 4 nitrogen and oxygen atoms in total. The second-order valence-electron chi connectivity index (χ2n) is 4.50. The second-order valence-corrected chi connectivity index (χ2v) is 4.50. The summed E-state index contributed by atoms with van der Waals surface area (Å²) in [6.45, 7) is 0.253. The molecule has 0 aliphatic carbocycles. The minimum Gasteiger partial charge on any atom is -0.493 e. The van der Waals surface area contributed by atoms with E-state index in [9.17, 15) is 9.18 Å². The Labute approximate surface area is 127 Å². The van der Waals surface area contributed by atoms with Crippen molar-refractivity contribution in [1.82, 2.24) is 0 Å². The van der Waals surface area contributed by atoms with E-state index in [0.29, 0.717) is 17.1 Å². The Hall–Kier alpha value is -2.82. The number of methoxy groups -OCH3 is 1. The molecular formula is C17H15FO4. The summed E-state index contributed by atoms with van der Waals surface area (Å²) >= 11 is 0. The maximum Gasteiger partial charge on any atom is 0.328 e. The van der Waals surface area contributed by atoms with Crippen molar-refractivity contribution in [1.29, 1.82) is 0 Å². The fourth-order valence-corrected chi connectivity index (χ4v) is 1.82. The van der Waals surface area contributed by atoms with Gasteiger partial charge in [0.2, 0.25) is 0 Å². The second kappa shape index (κ2) is 7.26. The van der Waals surface area contributed by atoms with E-state index in [0.717, 1.165) is 11.6 Å². The molecule has 0 heterocycles. The summed E-state index contributed by atoms with van der Waals surface area (Å²) in [6, 6.07) is 11.1. The predicted molar refractivity (Wildman–Crippen MR) is 80.4 cm³/mol. The van der Waals surface area contributed by atoms with Crippen LogP contribution in [0.15, 0.2) is 48.5 Å². The topological polar surface area (TPSA) is 55.8 Å². The number of hydrogen-bond donors (Lipinski definition) is 1. The highest BCUT2D eigenvalue weighted by atomic mass is 19.1. The summed E-state index contributed by atoms with van der Waals surface area (Å²) < 4.78 is 23.7. The number of ether oxygens (including phenoxy) is 2. The lowest BCUT2D eigenvalue weighted by atomic mass is 10.2. The van der Waals surface area contributed by atoms with Gasteiger partial charge in [0.15, 0.2) is 11.5 Å². The molecule has 1 N–H and O–H groups in total. The standard InChI is InChI=1S/C17H15FO4/c1-21-15-8-4-12(5-9-17(19)20)10-16(15)22-11-13-2-6-14(18)7-3-13/h2-10H,11H2,1H3,(H,19,20). The highest BCUT2D eigenvalue weighted by Gasteiger charge is 2.06. The van der Waals surface area contributed by atoms with Crippen LogP contribution in [0.4, 0.5) is 4.39 Å². The van der Waals surface area contributed by atoms with E-state index < -0.39 is 5.97 Å². The van der Waals surface area contributed by atoms with E-state index in [1.165, 1.54) is 25.3 Å². The third-order valence-corrected chi connectivity index (χ3v) is 2.91. The van der Waals surface area contributed by atoms with Crippen molar-refractivity contribution in [3.63, 3.8) is 0 Å². The van der Waals surface area contributed by atoms with Gasteiger partial charge in [-0.15, -0.1) is 0 Å². The van der Waals surface area contributed by atoms with Gasteiger partial charge < -0.3 is 14.6 Å². The first-order valence-electron chi connectivity index (χ1n) is 6.55. The molecule has 0 radical (unpaired) electrons. The van der Waals surface area contributed by atoms with Crippen molar-refractivity contribution in [2.24, 2.45) is 0 Å². The van der Waals surface area contributed by atoms with Gasteiger partial charge >= 0.3 is 5.97 Å². The molecule has 2 aromatic rings. The van der Waals surface area contributed by atoms with Gasteiger partial charge in [-0.3, -0.25) is 0 Å². The molecule has 2 rings (SSSR count). The predicted octanol–water partition coefficient (Wildman–Crippen LogP) is 3.51. The van der Waals surface area contributed by atoms with Crippen LogP contribution in [0.25, 0.3) is 6.08 Å². The largest absolute Gasteiger partial charge is 0.493 e. The number of aliphatic carboxylic acids is 1. The zero-order chi connectivity index (χ0) is 15.9. The molecule has 0 bridgehead atoms. The van der Waals surface area contributed by atoms with E-state index in [1.54, 1.807) is 30.3 Å². The minimum atomic E-state index is -1.02. The number of benzene rings is 2. The normalized spacial score (nSPS) is 10.6. The maximum absolute atomic E-state index is 12.9. The fraction of sp³-hybridized carbons (Fsp3) is 0.118. The molecule has 0 unspecified atom stereocenters. The monoisotopic (exact) mass is 302 g/mol. The van der Waals surface area contributed by atoms with Gasteiger partial charge in [-0.05, 0) is 41.5 Å². The molecule has 22 heavy (non-hydrogen) atoms. The molecule has 0 saturated carbocycles. The van der Waals surface area contributed by atoms with E-state index in [1.807, 2.05) is 0 Å². The molecule has 0 atom stereocenters. The van der Waals surface area contributed by atoms with E-state index in [2.05, 4.69) is 0 Å². The number of halogens is 1. The zero-order valence-electron chi connectivity index (χ0n) is 12.0. The van der Waals surface area contributed by atoms with Crippen LogP contribution in [0.3, 0.4) is 0 Å². The van der Waals surface area contributed by atoms with Gasteiger partial charge in [0, 0.05) is 6.08 Å². The van der Waals surface area contributed by atoms with Gasteiger partial charge in [0.1, 0.15) is 12.4 Å². The number of carboxylic acids is 1. The Balaban J connectivity index is 2.15. The summed E-state index contributed by atoms with van der Waals surface area (Å²) in [5.41, 5.74) is 1.49. The molecule has 114 valence electrons. The van der Waals surface area contributed by atoms with Crippen molar-refractivity contribution < 1.29 is 23.8 Å². The van der Waals surface area contributed by atoms with Crippen LogP contribution >= 0.6 is 0 Å². The van der Waals surface area contributed by atoms with Gasteiger partial charge in [0.25, 0.3) is 0 Å². The Morgan fingerprint density at radius 2 is 1.91 bits per heavy atom. The van der Waals surface area contributed by atoms with Crippen LogP contribution in [0.5, 0.6) is 11.5 Å². The highest BCUT2D eigenvalue weighted by molar-refractivity contribution is 5.85. The lowest BCUT2D eigenvalue weighted by Gasteiger charge is -2.11. The Bertz CT molecular complexity index is 678. The van der Waals surface area contributed by atoms with Crippen LogP contribution in [0, 0.1) is 5.82 Å². The van der Waals surface area contributed by atoms with Gasteiger partial charge in [0.05, 0.1) is 7.11 Å². The third-order valence-electron chi connectivity index (χ3n) is 2.91. The molecule has 0 fully saturated rings. The fourth-order valence-electron chi connectivity index (χ4n) is 1.82. The summed E-state index contributed by atoms with van der Waals surface area (Å²) in [7, 11) is 1.52. The maximum atomic E-state index is 12.9. The summed E-state index contributed by atoms with van der Waals surface area (Å²) in [5.74, 6) is -0.305. The first-order chi connectivity index (χ1) is 10.6.